The lowest BCUT2D eigenvalue weighted by Crippen LogP contribution is -2.40. The zero-order valence-electron chi connectivity index (χ0n) is 13.0. The number of terminal acetylenes is 2. The number of carboxylic acid groups (broad SMARTS) is 1. The van der Waals surface area contributed by atoms with Crippen molar-refractivity contribution in [2.24, 2.45) is 0 Å². The molecule has 2 rings (SSSR count). The summed E-state index contributed by atoms with van der Waals surface area (Å²) in [5.74, 6) is 4.16. The van der Waals surface area contributed by atoms with Crippen LogP contribution in [0.5, 0.6) is 0 Å². The van der Waals surface area contributed by atoms with Gasteiger partial charge in [-0.3, -0.25) is 4.79 Å². The third kappa shape index (κ3) is 2.87. The van der Waals surface area contributed by atoms with Gasteiger partial charge in [0.25, 0.3) is 0 Å². The van der Waals surface area contributed by atoms with Crippen molar-refractivity contribution in [2.45, 2.75) is 31.1 Å². The molecule has 0 saturated heterocycles. The quantitative estimate of drug-likeness (QED) is 0.830. The zero-order valence-corrected chi connectivity index (χ0v) is 13.0. The van der Waals surface area contributed by atoms with Gasteiger partial charge in [0.1, 0.15) is 11.2 Å². The second kappa shape index (κ2) is 6.90. The number of aliphatic carboxylic acids is 1. The molecule has 0 saturated carbocycles. The molecule has 2 aromatic rings. The predicted octanol–water partition coefficient (Wildman–Crippen LogP) is 3.60. The smallest absolute Gasteiger partial charge is 0.315 e. The van der Waals surface area contributed by atoms with E-state index in [0.29, 0.717) is 29.7 Å². The van der Waals surface area contributed by atoms with Gasteiger partial charge in [-0.2, -0.15) is 0 Å². The molecule has 0 aliphatic carbocycles. The van der Waals surface area contributed by atoms with Crippen molar-refractivity contribution in [3.8, 4) is 24.7 Å². The van der Waals surface area contributed by atoms with Crippen molar-refractivity contribution < 1.29 is 14.3 Å². The SMILES string of the molecule is C#CCc1cc(C(C#C)C(CC)(C(=O)O)c2ccccc2)co1. The van der Waals surface area contributed by atoms with Crippen LogP contribution in [0.2, 0.25) is 0 Å². The summed E-state index contributed by atoms with van der Waals surface area (Å²) in [6, 6.07) is 10.8. The van der Waals surface area contributed by atoms with Gasteiger partial charge in [-0.05, 0) is 18.1 Å². The van der Waals surface area contributed by atoms with Gasteiger partial charge in [0.15, 0.2) is 0 Å². The fraction of sp³-hybridized carbons (Fsp3) is 0.250. The van der Waals surface area contributed by atoms with Crippen molar-refractivity contribution in [3.63, 3.8) is 0 Å². The standard InChI is InChI=1S/C20H18O3/c1-4-10-17-13-15(14-23-17)18(5-2)20(6-3,19(21)22)16-11-8-7-9-12-16/h1-2,7-9,11-14,18H,6,10H2,3H3,(H,21,22). The number of hydrogen-bond acceptors (Lipinski definition) is 2. The van der Waals surface area contributed by atoms with E-state index in [1.807, 2.05) is 25.1 Å². The highest BCUT2D eigenvalue weighted by Gasteiger charge is 2.46. The van der Waals surface area contributed by atoms with Crippen LogP contribution in [-0.4, -0.2) is 11.1 Å². The second-order valence-corrected chi connectivity index (χ2v) is 5.32. The number of carboxylic acids is 1. The Morgan fingerprint density at radius 2 is 2.04 bits per heavy atom. The highest BCUT2D eigenvalue weighted by Crippen LogP contribution is 2.42. The minimum atomic E-state index is -1.21. The molecule has 2 atom stereocenters. The van der Waals surface area contributed by atoms with E-state index < -0.39 is 17.3 Å². The number of carbonyl (C=O) groups is 1. The Morgan fingerprint density at radius 3 is 2.57 bits per heavy atom. The highest BCUT2D eigenvalue weighted by molar-refractivity contribution is 5.84. The van der Waals surface area contributed by atoms with Crippen LogP contribution in [0.25, 0.3) is 0 Å². The monoisotopic (exact) mass is 306 g/mol. The van der Waals surface area contributed by atoms with Gasteiger partial charge in [0.05, 0.1) is 18.6 Å². The minimum Gasteiger partial charge on any atom is -0.481 e. The summed E-state index contributed by atoms with van der Waals surface area (Å²) < 4.78 is 5.41. The molecule has 23 heavy (non-hydrogen) atoms. The van der Waals surface area contributed by atoms with E-state index in [1.54, 1.807) is 18.2 Å². The fourth-order valence-electron chi connectivity index (χ4n) is 2.97. The Labute approximate surface area is 136 Å². The van der Waals surface area contributed by atoms with Gasteiger partial charge in [0.2, 0.25) is 0 Å². The van der Waals surface area contributed by atoms with Crippen molar-refractivity contribution in [1.29, 1.82) is 0 Å². The lowest BCUT2D eigenvalue weighted by molar-refractivity contribution is -0.144. The predicted molar refractivity (Wildman–Crippen MR) is 88.9 cm³/mol. The number of benzene rings is 1. The third-order valence-electron chi connectivity index (χ3n) is 4.17. The minimum absolute atomic E-state index is 0.342. The molecule has 3 heteroatoms. The first-order valence-corrected chi connectivity index (χ1v) is 7.36. The van der Waals surface area contributed by atoms with Crippen molar-refractivity contribution in [2.75, 3.05) is 0 Å². The molecule has 0 bridgehead atoms. The molecular formula is C20H18O3. The number of rotatable bonds is 6. The summed E-state index contributed by atoms with van der Waals surface area (Å²) in [6.07, 6.45) is 13.2. The Morgan fingerprint density at radius 1 is 1.35 bits per heavy atom. The van der Waals surface area contributed by atoms with E-state index in [2.05, 4.69) is 11.8 Å². The molecule has 116 valence electrons. The molecule has 0 fully saturated rings. The van der Waals surface area contributed by atoms with Gasteiger partial charge in [-0.25, -0.2) is 0 Å². The van der Waals surface area contributed by atoms with E-state index in [1.165, 1.54) is 6.26 Å². The summed E-state index contributed by atoms with van der Waals surface area (Å²) >= 11 is 0. The van der Waals surface area contributed by atoms with Crippen molar-refractivity contribution in [1.82, 2.24) is 0 Å². The molecular weight excluding hydrogens is 288 g/mol. The van der Waals surface area contributed by atoms with Crippen LogP contribution in [-0.2, 0) is 16.6 Å². The lowest BCUT2D eigenvalue weighted by atomic mass is 9.66. The largest absolute Gasteiger partial charge is 0.481 e. The Hall–Kier alpha value is -2.91. The summed E-state index contributed by atoms with van der Waals surface area (Å²) in [6.45, 7) is 1.83. The molecule has 3 nitrogen and oxygen atoms in total. The van der Waals surface area contributed by atoms with Crippen LogP contribution < -0.4 is 0 Å². The van der Waals surface area contributed by atoms with Crippen molar-refractivity contribution >= 4 is 5.97 Å². The Bertz CT molecular complexity index is 758. The van der Waals surface area contributed by atoms with Gasteiger partial charge in [-0.15, -0.1) is 12.8 Å². The first-order valence-electron chi connectivity index (χ1n) is 7.36. The maximum atomic E-state index is 12.2. The summed E-state index contributed by atoms with van der Waals surface area (Å²) in [4.78, 5) is 12.2. The highest BCUT2D eigenvalue weighted by atomic mass is 16.4. The first kappa shape index (κ1) is 16.5. The van der Waals surface area contributed by atoms with Gasteiger partial charge in [-0.1, -0.05) is 49.1 Å². The average molecular weight is 306 g/mol. The van der Waals surface area contributed by atoms with E-state index >= 15 is 0 Å². The average Bonchev–Trinajstić information content (AvgIpc) is 3.01. The van der Waals surface area contributed by atoms with Crippen LogP contribution in [0.4, 0.5) is 0 Å². The second-order valence-electron chi connectivity index (χ2n) is 5.32. The molecule has 0 amide bonds. The topological polar surface area (TPSA) is 50.4 Å². The number of furan rings is 1. The summed E-state index contributed by atoms with van der Waals surface area (Å²) in [5.41, 5.74) is 0.122. The molecule has 0 spiro atoms. The fourth-order valence-corrected chi connectivity index (χ4v) is 2.97. The van der Waals surface area contributed by atoms with E-state index in [-0.39, 0.29) is 0 Å². The maximum Gasteiger partial charge on any atom is 0.315 e. The molecule has 1 aromatic heterocycles. The zero-order chi connectivity index (χ0) is 16.9. The van der Waals surface area contributed by atoms with Gasteiger partial charge < -0.3 is 9.52 Å². The molecule has 0 aliphatic rings. The summed E-state index contributed by atoms with van der Waals surface area (Å²) in [5, 5.41) is 9.99. The Balaban J connectivity index is 2.59. The molecule has 1 heterocycles. The van der Waals surface area contributed by atoms with E-state index in [9.17, 15) is 9.90 Å². The van der Waals surface area contributed by atoms with Crippen LogP contribution >= 0.6 is 0 Å². The molecule has 0 aliphatic heterocycles. The normalized spacial score (nSPS) is 14.2. The lowest BCUT2D eigenvalue weighted by Gasteiger charge is -2.33. The summed E-state index contributed by atoms with van der Waals surface area (Å²) in [7, 11) is 0. The van der Waals surface area contributed by atoms with Crippen molar-refractivity contribution in [3.05, 3.63) is 59.5 Å². The van der Waals surface area contributed by atoms with Crippen LogP contribution in [0.1, 0.15) is 36.1 Å². The van der Waals surface area contributed by atoms with E-state index in [0.717, 1.165) is 0 Å². The van der Waals surface area contributed by atoms with Gasteiger partial charge in [0, 0.05) is 5.56 Å². The third-order valence-corrected chi connectivity index (χ3v) is 4.17. The van der Waals surface area contributed by atoms with E-state index in [4.69, 9.17) is 17.3 Å². The number of hydrogen-bond donors (Lipinski definition) is 1. The van der Waals surface area contributed by atoms with Gasteiger partial charge >= 0.3 is 5.97 Å². The van der Waals surface area contributed by atoms with Crippen LogP contribution in [0, 0.1) is 24.7 Å². The molecule has 0 radical (unpaired) electrons. The first-order chi connectivity index (χ1) is 11.1. The van der Waals surface area contributed by atoms with Crippen LogP contribution in [0.15, 0.2) is 47.1 Å². The van der Waals surface area contributed by atoms with Crippen LogP contribution in [0.3, 0.4) is 0 Å². The molecule has 2 unspecified atom stereocenters. The molecule has 1 N–H and O–H groups in total. The molecule has 1 aromatic carbocycles. The Kier molecular flexibility index (Phi) is 4.94. The maximum absolute atomic E-state index is 12.2.